The van der Waals surface area contributed by atoms with Gasteiger partial charge in [0.05, 0.1) is 11.3 Å². The van der Waals surface area contributed by atoms with E-state index >= 15 is 0 Å². The molecule has 1 aliphatic rings. The molecule has 4 aromatic rings. The van der Waals surface area contributed by atoms with Gasteiger partial charge < -0.3 is 9.91 Å². The van der Waals surface area contributed by atoms with E-state index in [0.717, 1.165) is 49.4 Å². The highest BCUT2D eigenvalue weighted by molar-refractivity contribution is 5.84. The van der Waals surface area contributed by atoms with Gasteiger partial charge in [0.25, 0.3) is 5.56 Å². The summed E-state index contributed by atoms with van der Waals surface area (Å²) in [6.07, 6.45) is 2.60. The van der Waals surface area contributed by atoms with Gasteiger partial charge >= 0.3 is 0 Å². The molecule has 3 aromatic heterocycles. The number of hydrogen-bond acceptors (Lipinski definition) is 6. The molecule has 1 fully saturated rings. The van der Waals surface area contributed by atoms with Crippen LogP contribution in [0.25, 0.3) is 27.8 Å². The van der Waals surface area contributed by atoms with Crippen molar-refractivity contribution in [2.24, 2.45) is 0 Å². The molecule has 0 bridgehead atoms. The lowest BCUT2D eigenvalue weighted by molar-refractivity contribution is 0.286. The van der Waals surface area contributed by atoms with Crippen LogP contribution >= 0.6 is 0 Å². The SMILES string of the molecule is CCc1nn2c(nnc3c(=O)n(N4CCN(C)CC4)ccc32)c1-c1ccccc1. The van der Waals surface area contributed by atoms with Gasteiger partial charge in [0, 0.05) is 32.4 Å². The first-order chi connectivity index (χ1) is 14.2. The minimum atomic E-state index is -0.156. The fraction of sp³-hybridized carbons (Fsp3) is 0.333. The van der Waals surface area contributed by atoms with Gasteiger partial charge in [-0.3, -0.25) is 4.79 Å². The van der Waals surface area contributed by atoms with E-state index in [0.29, 0.717) is 16.7 Å². The topological polar surface area (TPSA) is 71.6 Å². The van der Waals surface area contributed by atoms with Gasteiger partial charge in [0.2, 0.25) is 0 Å². The molecule has 4 heterocycles. The third-order valence-electron chi connectivity index (χ3n) is 5.62. The van der Waals surface area contributed by atoms with Gasteiger partial charge in [-0.2, -0.15) is 5.10 Å². The number of benzene rings is 1. The summed E-state index contributed by atoms with van der Waals surface area (Å²) in [5, 5.41) is 15.6. The maximum Gasteiger partial charge on any atom is 0.298 e. The monoisotopic (exact) mass is 389 g/mol. The summed E-state index contributed by atoms with van der Waals surface area (Å²) >= 11 is 0. The average Bonchev–Trinajstić information content (AvgIpc) is 3.14. The molecule has 0 saturated carbocycles. The lowest BCUT2D eigenvalue weighted by Crippen LogP contribution is -2.53. The second-order valence-electron chi connectivity index (χ2n) is 7.43. The molecule has 0 N–H and O–H groups in total. The number of aryl methyl sites for hydroxylation is 1. The number of nitrogens with zero attached hydrogens (tertiary/aromatic N) is 7. The number of pyridine rings is 1. The highest BCUT2D eigenvalue weighted by Gasteiger charge is 2.20. The van der Waals surface area contributed by atoms with E-state index in [1.807, 2.05) is 42.6 Å². The Morgan fingerprint density at radius 3 is 2.48 bits per heavy atom. The van der Waals surface area contributed by atoms with Crippen LogP contribution in [0.1, 0.15) is 12.6 Å². The van der Waals surface area contributed by atoms with E-state index in [2.05, 4.69) is 34.1 Å². The van der Waals surface area contributed by atoms with Crippen molar-refractivity contribution in [2.75, 3.05) is 38.2 Å². The van der Waals surface area contributed by atoms with Crippen LogP contribution in [0.4, 0.5) is 0 Å². The molecule has 0 aliphatic carbocycles. The first kappa shape index (κ1) is 17.8. The number of aromatic nitrogens is 5. The Kier molecular flexibility index (Phi) is 4.28. The van der Waals surface area contributed by atoms with Crippen LogP contribution in [-0.2, 0) is 6.42 Å². The summed E-state index contributed by atoms with van der Waals surface area (Å²) in [5.41, 5.74) is 4.52. The molecule has 8 nitrogen and oxygen atoms in total. The minimum absolute atomic E-state index is 0.156. The van der Waals surface area contributed by atoms with Crippen LogP contribution in [-0.4, -0.2) is 62.6 Å². The summed E-state index contributed by atoms with van der Waals surface area (Å²) in [4.78, 5) is 15.4. The van der Waals surface area contributed by atoms with Crippen LogP contribution in [0.3, 0.4) is 0 Å². The Balaban J connectivity index is 1.69. The molecule has 1 aromatic carbocycles. The normalized spacial score (nSPS) is 15.4. The Bertz CT molecular complexity index is 1240. The van der Waals surface area contributed by atoms with E-state index in [9.17, 15) is 4.79 Å². The van der Waals surface area contributed by atoms with Crippen molar-refractivity contribution in [3.63, 3.8) is 0 Å². The Morgan fingerprint density at radius 1 is 1.00 bits per heavy atom. The second kappa shape index (κ2) is 6.97. The summed E-state index contributed by atoms with van der Waals surface area (Å²) in [5.74, 6) is 0. The minimum Gasteiger partial charge on any atom is -0.307 e. The third kappa shape index (κ3) is 2.87. The maximum absolute atomic E-state index is 13.1. The average molecular weight is 389 g/mol. The van der Waals surface area contributed by atoms with E-state index < -0.39 is 0 Å². The fourth-order valence-electron chi connectivity index (χ4n) is 3.96. The summed E-state index contributed by atoms with van der Waals surface area (Å²) in [7, 11) is 2.09. The van der Waals surface area contributed by atoms with Gasteiger partial charge in [-0.15, -0.1) is 10.2 Å². The molecule has 0 amide bonds. The Morgan fingerprint density at radius 2 is 1.76 bits per heavy atom. The molecule has 1 saturated heterocycles. The number of rotatable bonds is 3. The molecule has 0 unspecified atom stereocenters. The van der Waals surface area contributed by atoms with E-state index in [4.69, 9.17) is 5.10 Å². The molecular formula is C21H23N7O. The van der Waals surface area contributed by atoms with E-state index in [1.54, 1.807) is 9.19 Å². The van der Waals surface area contributed by atoms with Crippen LogP contribution in [0.15, 0.2) is 47.4 Å². The van der Waals surface area contributed by atoms with Gasteiger partial charge in [-0.05, 0) is 25.1 Å². The highest BCUT2D eigenvalue weighted by Crippen LogP contribution is 2.28. The quantitative estimate of drug-likeness (QED) is 0.530. The summed E-state index contributed by atoms with van der Waals surface area (Å²) in [6.45, 7) is 5.53. The van der Waals surface area contributed by atoms with Crippen molar-refractivity contribution >= 4 is 16.7 Å². The third-order valence-corrected chi connectivity index (χ3v) is 5.62. The molecule has 0 atom stereocenters. The lowest BCUT2D eigenvalue weighted by atomic mass is 10.0. The summed E-state index contributed by atoms with van der Waals surface area (Å²) in [6, 6.07) is 12.0. The van der Waals surface area contributed by atoms with Crippen molar-refractivity contribution in [3.05, 3.63) is 58.6 Å². The molecule has 0 spiro atoms. The Labute approximate surface area is 168 Å². The molecule has 148 valence electrons. The standard InChI is InChI=1S/C21H23N7O/c1-3-16-18(15-7-5-4-6-8-15)20-23-22-19-17(28(20)24-16)9-10-27(21(19)29)26-13-11-25(2)12-14-26/h4-10H,3,11-14H2,1-2H3. The van der Waals surface area contributed by atoms with E-state index in [-0.39, 0.29) is 5.56 Å². The smallest absolute Gasteiger partial charge is 0.298 e. The molecule has 1 aliphatic heterocycles. The van der Waals surface area contributed by atoms with E-state index in [1.165, 1.54) is 0 Å². The van der Waals surface area contributed by atoms with Gasteiger partial charge in [0.15, 0.2) is 11.2 Å². The molecular weight excluding hydrogens is 366 g/mol. The lowest BCUT2D eigenvalue weighted by Gasteiger charge is -2.34. The zero-order valence-electron chi connectivity index (χ0n) is 16.6. The van der Waals surface area contributed by atoms with Gasteiger partial charge in [0.1, 0.15) is 5.52 Å². The first-order valence-corrected chi connectivity index (χ1v) is 9.96. The van der Waals surface area contributed by atoms with Crippen LogP contribution in [0.5, 0.6) is 0 Å². The number of hydrogen-bond donors (Lipinski definition) is 0. The highest BCUT2D eigenvalue weighted by atomic mass is 16.1. The van der Waals surface area contributed by atoms with Gasteiger partial charge in [-0.1, -0.05) is 37.3 Å². The van der Waals surface area contributed by atoms with Crippen LogP contribution in [0.2, 0.25) is 0 Å². The molecule has 8 heteroatoms. The number of likely N-dealkylation sites (N-methyl/N-ethyl adjacent to an activating group) is 1. The molecule has 0 radical (unpaired) electrons. The molecule has 29 heavy (non-hydrogen) atoms. The summed E-state index contributed by atoms with van der Waals surface area (Å²) < 4.78 is 3.43. The Hall–Kier alpha value is -3.26. The molecule has 5 rings (SSSR count). The number of piperazine rings is 1. The second-order valence-corrected chi connectivity index (χ2v) is 7.43. The largest absolute Gasteiger partial charge is 0.307 e. The van der Waals surface area contributed by atoms with Gasteiger partial charge in [-0.25, -0.2) is 9.19 Å². The predicted octanol–water partition coefficient (Wildman–Crippen LogP) is 1.55. The van der Waals surface area contributed by atoms with Crippen LogP contribution in [0, 0.1) is 0 Å². The zero-order chi connectivity index (χ0) is 20.0. The first-order valence-electron chi connectivity index (χ1n) is 9.96. The fourth-order valence-corrected chi connectivity index (χ4v) is 3.96. The van der Waals surface area contributed by atoms with Crippen molar-refractivity contribution in [1.29, 1.82) is 0 Å². The van der Waals surface area contributed by atoms with Crippen molar-refractivity contribution in [2.45, 2.75) is 13.3 Å². The predicted molar refractivity (Wildman–Crippen MR) is 113 cm³/mol. The van der Waals surface area contributed by atoms with Crippen molar-refractivity contribution < 1.29 is 0 Å². The van der Waals surface area contributed by atoms with Crippen LogP contribution < -0.4 is 10.6 Å². The zero-order valence-corrected chi connectivity index (χ0v) is 16.6. The number of fused-ring (bicyclic) bond motifs is 3. The maximum atomic E-state index is 13.1. The van der Waals surface area contributed by atoms with Crippen molar-refractivity contribution in [1.82, 2.24) is 29.4 Å². The van der Waals surface area contributed by atoms with Crippen molar-refractivity contribution in [3.8, 4) is 11.1 Å².